The minimum absolute atomic E-state index is 0.0909. The van der Waals surface area contributed by atoms with Crippen LogP contribution in [0.5, 0.6) is 0 Å². The highest BCUT2D eigenvalue weighted by Gasteiger charge is 2.27. The van der Waals surface area contributed by atoms with Crippen molar-refractivity contribution in [1.82, 2.24) is 4.90 Å². The first-order valence-electron chi connectivity index (χ1n) is 9.98. The zero-order valence-electron chi connectivity index (χ0n) is 16.7. The number of hydrogen-bond donors (Lipinski definition) is 1. The Kier molecular flexibility index (Phi) is 5.93. The average Bonchev–Trinajstić information content (AvgIpc) is 2.77. The molecule has 0 aromatic heterocycles. The monoisotopic (exact) mass is 421 g/mol. The number of urea groups is 1. The first kappa shape index (κ1) is 20.5. The van der Waals surface area contributed by atoms with Crippen LogP contribution < -0.4 is 10.2 Å². The highest BCUT2D eigenvalue weighted by molar-refractivity contribution is 6.05. The topological polar surface area (TPSA) is 52.7 Å². The number of carbonyl (C=O) groups is 2. The molecule has 0 atom stereocenters. The number of halogens is 2. The van der Waals surface area contributed by atoms with Crippen molar-refractivity contribution in [3.05, 3.63) is 95.6 Å². The molecular formula is C24H21F2N3O2. The Bertz CT molecular complexity index is 1120. The second-order valence-electron chi connectivity index (χ2n) is 7.32. The van der Waals surface area contributed by atoms with E-state index in [2.05, 4.69) is 5.32 Å². The molecule has 158 valence electrons. The lowest BCUT2D eigenvalue weighted by molar-refractivity contribution is 0.102. The summed E-state index contributed by atoms with van der Waals surface area (Å²) in [5.74, 6) is -1.33. The molecule has 1 N–H and O–H groups in total. The van der Waals surface area contributed by atoms with E-state index >= 15 is 0 Å². The molecule has 1 saturated heterocycles. The summed E-state index contributed by atoms with van der Waals surface area (Å²) in [7, 11) is 0. The highest BCUT2D eigenvalue weighted by Crippen LogP contribution is 2.23. The van der Waals surface area contributed by atoms with Crippen molar-refractivity contribution in [2.45, 2.75) is 13.0 Å². The number of amides is 3. The Balaban J connectivity index is 1.50. The highest BCUT2D eigenvalue weighted by atomic mass is 19.1. The van der Waals surface area contributed by atoms with Gasteiger partial charge in [0.2, 0.25) is 0 Å². The lowest BCUT2D eigenvalue weighted by Crippen LogP contribution is -2.49. The van der Waals surface area contributed by atoms with Gasteiger partial charge in [-0.05, 0) is 54.4 Å². The third kappa shape index (κ3) is 4.71. The molecule has 0 bridgehead atoms. The maximum Gasteiger partial charge on any atom is 0.324 e. The summed E-state index contributed by atoms with van der Waals surface area (Å²) < 4.78 is 27.3. The number of anilines is 2. The van der Waals surface area contributed by atoms with Crippen LogP contribution >= 0.6 is 0 Å². The summed E-state index contributed by atoms with van der Waals surface area (Å²) >= 11 is 0. The third-order valence-electron chi connectivity index (χ3n) is 5.12. The molecule has 0 radical (unpaired) electrons. The van der Waals surface area contributed by atoms with Gasteiger partial charge in [-0.15, -0.1) is 0 Å². The van der Waals surface area contributed by atoms with Crippen molar-refractivity contribution in [1.29, 1.82) is 0 Å². The first-order chi connectivity index (χ1) is 15.0. The van der Waals surface area contributed by atoms with Crippen molar-refractivity contribution in [3.8, 4) is 0 Å². The van der Waals surface area contributed by atoms with Crippen molar-refractivity contribution < 1.29 is 18.4 Å². The van der Waals surface area contributed by atoms with Crippen LogP contribution in [-0.2, 0) is 6.54 Å². The van der Waals surface area contributed by atoms with Crippen molar-refractivity contribution >= 4 is 23.3 Å². The Morgan fingerprint density at radius 1 is 0.935 bits per heavy atom. The van der Waals surface area contributed by atoms with Gasteiger partial charge in [0.05, 0.1) is 5.69 Å². The molecule has 3 aromatic rings. The third-order valence-corrected chi connectivity index (χ3v) is 5.12. The Morgan fingerprint density at radius 3 is 2.55 bits per heavy atom. The van der Waals surface area contributed by atoms with Crippen LogP contribution in [0, 0.1) is 11.6 Å². The quantitative estimate of drug-likeness (QED) is 0.627. The molecule has 3 aromatic carbocycles. The molecule has 0 unspecified atom stereocenters. The summed E-state index contributed by atoms with van der Waals surface area (Å²) in [6.45, 7) is 1.39. The second-order valence-corrected chi connectivity index (χ2v) is 7.32. The normalized spacial score (nSPS) is 13.9. The zero-order chi connectivity index (χ0) is 21.8. The predicted molar refractivity (Wildman–Crippen MR) is 115 cm³/mol. The molecule has 1 aliphatic heterocycles. The van der Waals surface area contributed by atoms with Crippen molar-refractivity contribution in [2.75, 3.05) is 23.3 Å². The van der Waals surface area contributed by atoms with E-state index in [1.54, 1.807) is 58.3 Å². The molecule has 0 aliphatic carbocycles. The number of carbonyl (C=O) groups excluding carboxylic acids is 2. The summed E-state index contributed by atoms with van der Waals surface area (Å²) in [5, 5.41) is 2.55. The minimum atomic E-state index is -0.522. The van der Waals surface area contributed by atoms with Gasteiger partial charge >= 0.3 is 6.03 Å². The van der Waals surface area contributed by atoms with Gasteiger partial charge in [-0.3, -0.25) is 9.69 Å². The smallest absolute Gasteiger partial charge is 0.320 e. The first-order valence-corrected chi connectivity index (χ1v) is 9.98. The molecule has 1 fully saturated rings. The number of para-hydroxylation sites is 1. The number of nitrogens with one attached hydrogen (secondary N) is 1. The number of benzene rings is 3. The van der Waals surface area contributed by atoms with E-state index in [0.717, 1.165) is 6.42 Å². The van der Waals surface area contributed by atoms with E-state index in [4.69, 9.17) is 0 Å². The molecular weight excluding hydrogens is 400 g/mol. The van der Waals surface area contributed by atoms with Gasteiger partial charge in [-0.25, -0.2) is 13.6 Å². The largest absolute Gasteiger partial charge is 0.324 e. The summed E-state index contributed by atoms with van der Waals surface area (Å²) in [6, 6.07) is 18.6. The molecule has 5 nitrogen and oxygen atoms in total. The Morgan fingerprint density at radius 2 is 1.74 bits per heavy atom. The number of nitrogens with zero attached hydrogens (tertiary/aromatic N) is 2. The maximum atomic E-state index is 13.8. The van der Waals surface area contributed by atoms with Crippen LogP contribution in [0.25, 0.3) is 0 Å². The second kappa shape index (κ2) is 8.95. The van der Waals surface area contributed by atoms with Gasteiger partial charge in [0, 0.05) is 30.9 Å². The van der Waals surface area contributed by atoms with Crippen LogP contribution in [-0.4, -0.2) is 29.9 Å². The Labute approximate surface area is 178 Å². The zero-order valence-corrected chi connectivity index (χ0v) is 16.7. The molecule has 7 heteroatoms. The van der Waals surface area contributed by atoms with Crippen LogP contribution in [0.1, 0.15) is 22.3 Å². The van der Waals surface area contributed by atoms with E-state index in [-0.39, 0.29) is 17.5 Å². The minimum Gasteiger partial charge on any atom is -0.320 e. The lowest BCUT2D eigenvalue weighted by atomic mass is 10.1. The van der Waals surface area contributed by atoms with E-state index in [1.165, 1.54) is 24.3 Å². The molecule has 31 heavy (non-hydrogen) atoms. The molecule has 0 saturated carbocycles. The Hall–Kier alpha value is -3.74. The summed E-state index contributed by atoms with van der Waals surface area (Å²) in [4.78, 5) is 28.9. The summed E-state index contributed by atoms with van der Waals surface area (Å²) in [6.07, 6.45) is 0.743. The molecule has 3 amide bonds. The van der Waals surface area contributed by atoms with Crippen LogP contribution in [0.15, 0.2) is 72.8 Å². The van der Waals surface area contributed by atoms with Gasteiger partial charge in [-0.1, -0.05) is 30.3 Å². The fourth-order valence-corrected chi connectivity index (χ4v) is 3.60. The predicted octanol–water partition coefficient (Wildman–Crippen LogP) is 5.05. The van der Waals surface area contributed by atoms with Gasteiger partial charge in [0.25, 0.3) is 5.91 Å². The lowest BCUT2D eigenvalue weighted by Gasteiger charge is -2.35. The van der Waals surface area contributed by atoms with E-state index in [1.807, 2.05) is 0 Å². The van der Waals surface area contributed by atoms with E-state index in [0.29, 0.717) is 36.4 Å². The fourth-order valence-electron chi connectivity index (χ4n) is 3.60. The maximum absolute atomic E-state index is 13.8. The fraction of sp³-hybridized carbons (Fsp3) is 0.167. The SMILES string of the molecule is O=C(Nc1ccccc1F)c1cccc(N2CCCN(Cc3cccc(F)c3)C2=O)c1. The van der Waals surface area contributed by atoms with Crippen LogP contribution in [0.4, 0.5) is 25.0 Å². The van der Waals surface area contributed by atoms with Gasteiger partial charge in [0.1, 0.15) is 11.6 Å². The van der Waals surface area contributed by atoms with Gasteiger partial charge in [0.15, 0.2) is 0 Å². The van der Waals surface area contributed by atoms with Crippen LogP contribution in [0.3, 0.4) is 0 Å². The van der Waals surface area contributed by atoms with Crippen molar-refractivity contribution in [2.24, 2.45) is 0 Å². The standard InChI is InChI=1S/C24H21F2N3O2/c25-19-8-3-6-17(14-19)16-28-12-5-13-29(24(28)31)20-9-4-7-18(15-20)23(30)27-22-11-2-1-10-21(22)26/h1-4,6-11,14-15H,5,12-13,16H2,(H,27,30). The van der Waals surface area contributed by atoms with Crippen LogP contribution in [0.2, 0.25) is 0 Å². The summed E-state index contributed by atoms with van der Waals surface area (Å²) in [5.41, 5.74) is 1.70. The molecule has 1 heterocycles. The number of rotatable bonds is 5. The molecule has 0 spiro atoms. The van der Waals surface area contributed by atoms with Gasteiger partial charge < -0.3 is 10.2 Å². The van der Waals surface area contributed by atoms with E-state index < -0.39 is 11.7 Å². The molecule has 1 aliphatic rings. The van der Waals surface area contributed by atoms with Gasteiger partial charge in [-0.2, -0.15) is 0 Å². The molecule has 4 rings (SSSR count). The van der Waals surface area contributed by atoms with E-state index in [9.17, 15) is 18.4 Å². The number of hydrogen-bond acceptors (Lipinski definition) is 2. The average molecular weight is 421 g/mol. The van der Waals surface area contributed by atoms with Crippen molar-refractivity contribution in [3.63, 3.8) is 0 Å².